The van der Waals surface area contributed by atoms with Gasteiger partial charge >= 0.3 is 0 Å². The van der Waals surface area contributed by atoms with Crippen LogP contribution in [0.3, 0.4) is 0 Å². The number of nitro groups is 1. The van der Waals surface area contributed by atoms with Crippen LogP contribution in [0.5, 0.6) is 0 Å². The maximum absolute atomic E-state index is 11.9. The number of non-ortho nitro benzene ring substituents is 1. The molecule has 7 heteroatoms. The first-order chi connectivity index (χ1) is 8.91. The highest BCUT2D eigenvalue weighted by molar-refractivity contribution is 14.1. The molecule has 0 saturated carbocycles. The third kappa shape index (κ3) is 5.11. The van der Waals surface area contributed by atoms with Gasteiger partial charge in [-0.05, 0) is 55.7 Å². The van der Waals surface area contributed by atoms with Crippen LogP contribution in [-0.4, -0.2) is 42.9 Å². The summed E-state index contributed by atoms with van der Waals surface area (Å²) in [6.45, 7) is 1.49. The molecule has 0 aliphatic carbocycles. The fourth-order valence-electron chi connectivity index (χ4n) is 1.49. The second-order valence-corrected chi connectivity index (χ2v) is 5.50. The molecule has 0 heterocycles. The normalized spacial score (nSPS) is 10.5. The van der Waals surface area contributed by atoms with Crippen LogP contribution in [0.1, 0.15) is 16.8 Å². The van der Waals surface area contributed by atoms with Crippen LogP contribution < -0.4 is 5.32 Å². The lowest BCUT2D eigenvalue weighted by Gasteiger charge is -2.10. The largest absolute Gasteiger partial charge is 0.352 e. The molecule has 0 radical (unpaired) electrons. The van der Waals surface area contributed by atoms with Gasteiger partial charge in [-0.3, -0.25) is 14.9 Å². The first-order valence-electron chi connectivity index (χ1n) is 5.78. The number of benzene rings is 1. The molecular formula is C12H16IN3O3. The van der Waals surface area contributed by atoms with Crippen LogP contribution in [0.25, 0.3) is 0 Å². The van der Waals surface area contributed by atoms with Gasteiger partial charge < -0.3 is 10.2 Å². The quantitative estimate of drug-likeness (QED) is 0.356. The highest BCUT2D eigenvalue weighted by atomic mass is 127. The van der Waals surface area contributed by atoms with Gasteiger partial charge in [-0.2, -0.15) is 0 Å². The van der Waals surface area contributed by atoms with Crippen LogP contribution in [0.4, 0.5) is 5.69 Å². The van der Waals surface area contributed by atoms with Crippen molar-refractivity contribution in [3.63, 3.8) is 0 Å². The summed E-state index contributed by atoms with van der Waals surface area (Å²) < 4.78 is 0.580. The molecule has 6 nitrogen and oxygen atoms in total. The smallest absolute Gasteiger partial charge is 0.270 e. The molecule has 0 aliphatic rings. The minimum Gasteiger partial charge on any atom is -0.352 e. The number of hydrogen-bond donors (Lipinski definition) is 1. The third-order valence-corrected chi connectivity index (χ3v) is 3.37. The van der Waals surface area contributed by atoms with Crippen molar-refractivity contribution in [2.45, 2.75) is 6.42 Å². The Kier molecular flexibility index (Phi) is 6.16. The number of carbonyl (C=O) groups excluding carboxylic acids is 1. The Hall–Kier alpha value is -1.22. The lowest BCUT2D eigenvalue weighted by Crippen LogP contribution is -2.27. The van der Waals surface area contributed by atoms with E-state index in [4.69, 9.17) is 0 Å². The minimum absolute atomic E-state index is 0.00597. The molecule has 1 rings (SSSR count). The summed E-state index contributed by atoms with van der Waals surface area (Å²) in [4.78, 5) is 24.1. The predicted octanol–water partition coefficient (Wildman–Crippen LogP) is 1.88. The van der Waals surface area contributed by atoms with Crippen molar-refractivity contribution in [2.24, 2.45) is 0 Å². The van der Waals surface area contributed by atoms with E-state index in [1.165, 1.54) is 18.2 Å². The Morgan fingerprint density at radius 3 is 2.68 bits per heavy atom. The van der Waals surface area contributed by atoms with Crippen LogP contribution >= 0.6 is 22.6 Å². The number of nitro benzene ring substituents is 1. The predicted molar refractivity (Wildman–Crippen MR) is 81.3 cm³/mol. The van der Waals surface area contributed by atoms with Gasteiger partial charge in [0.1, 0.15) is 0 Å². The van der Waals surface area contributed by atoms with E-state index in [1.54, 1.807) is 0 Å². The molecule has 0 atom stereocenters. The number of nitrogens with zero attached hydrogens (tertiary/aromatic N) is 2. The summed E-state index contributed by atoms with van der Waals surface area (Å²) in [7, 11) is 3.95. The minimum atomic E-state index is -0.471. The molecule has 1 aromatic carbocycles. The van der Waals surface area contributed by atoms with Gasteiger partial charge in [-0.1, -0.05) is 0 Å². The molecule has 1 amide bonds. The first kappa shape index (κ1) is 15.8. The van der Waals surface area contributed by atoms with Gasteiger partial charge in [0.25, 0.3) is 11.6 Å². The van der Waals surface area contributed by atoms with Crippen molar-refractivity contribution in [3.05, 3.63) is 37.4 Å². The van der Waals surface area contributed by atoms with E-state index in [2.05, 4.69) is 5.32 Å². The Balaban J connectivity index is 2.60. The number of carbonyl (C=O) groups is 1. The average molecular weight is 377 g/mol. The summed E-state index contributed by atoms with van der Waals surface area (Å²) in [6, 6.07) is 4.23. The van der Waals surface area contributed by atoms with Crippen molar-refractivity contribution in [1.82, 2.24) is 10.2 Å². The lowest BCUT2D eigenvalue weighted by atomic mass is 10.2. The summed E-state index contributed by atoms with van der Waals surface area (Å²) in [5.41, 5.74) is 0.463. The molecule has 0 aromatic heterocycles. The van der Waals surface area contributed by atoms with Gasteiger partial charge in [0, 0.05) is 22.2 Å². The molecule has 0 fully saturated rings. The van der Waals surface area contributed by atoms with E-state index in [9.17, 15) is 14.9 Å². The zero-order valence-corrected chi connectivity index (χ0v) is 13.0. The number of halogens is 1. The molecule has 19 heavy (non-hydrogen) atoms. The number of hydrogen-bond acceptors (Lipinski definition) is 4. The highest BCUT2D eigenvalue weighted by Gasteiger charge is 2.13. The van der Waals surface area contributed by atoms with E-state index in [-0.39, 0.29) is 11.6 Å². The third-order valence-electron chi connectivity index (χ3n) is 2.48. The molecule has 104 valence electrons. The zero-order valence-electron chi connectivity index (χ0n) is 10.9. The lowest BCUT2D eigenvalue weighted by molar-refractivity contribution is -0.384. The van der Waals surface area contributed by atoms with Gasteiger partial charge in [0.2, 0.25) is 0 Å². The molecule has 0 bridgehead atoms. The van der Waals surface area contributed by atoms with Crippen molar-refractivity contribution in [3.8, 4) is 0 Å². The monoisotopic (exact) mass is 377 g/mol. The van der Waals surface area contributed by atoms with Gasteiger partial charge in [-0.25, -0.2) is 0 Å². The average Bonchev–Trinajstić information content (AvgIpc) is 2.33. The first-order valence-corrected chi connectivity index (χ1v) is 6.86. The topological polar surface area (TPSA) is 75.5 Å². The molecular weight excluding hydrogens is 361 g/mol. The van der Waals surface area contributed by atoms with Crippen molar-refractivity contribution in [1.29, 1.82) is 0 Å². The van der Waals surface area contributed by atoms with Crippen molar-refractivity contribution in [2.75, 3.05) is 27.2 Å². The fourth-order valence-corrected chi connectivity index (χ4v) is 2.24. The molecule has 0 saturated heterocycles. The molecule has 0 unspecified atom stereocenters. The molecule has 1 aromatic rings. The van der Waals surface area contributed by atoms with Crippen LogP contribution in [0.15, 0.2) is 18.2 Å². The fraction of sp³-hybridized carbons (Fsp3) is 0.417. The molecule has 0 aliphatic heterocycles. The number of nitrogens with one attached hydrogen (secondary N) is 1. The Labute approximate surface area is 125 Å². The van der Waals surface area contributed by atoms with Crippen molar-refractivity contribution >= 4 is 34.2 Å². The summed E-state index contributed by atoms with van der Waals surface area (Å²) in [6.07, 6.45) is 0.863. The Morgan fingerprint density at radius 1 is 1.47 bits per heavy atom. The van der Waals surface area contributed by atoms with Gasteiger partial charge in [-0.15, -0.1) is 0 Å². The maximum Gasteiger partial charge on any atom is 0.270 e. The number of amides is 1. The SMILES string of the molecule is CN(C)CCCNC(=O)c1ccc([N+](=O)[O-])cc1I. The molecule has 0 spiro atoms. The van der Waals surface area contributed by atoms with Gasteiger partial charge in [0.15, 0.2) is 0 Å². The summed E-state index contributed by atoms with van der Waals surface area (Å²) in [5.74, 6) is -0.196. The highest BCUT2D eigenvalue weighted by Crippen LogP contribution is 2.19. The van der Waals surface area contributed by atoms with E-state index >= 15 is 0 Å². The van der Waals surface area contributed by atoms with Gasteiger partial charge in [0.05, 0.1) is 10.5 Å². The number of rotatable bonds is 6. The second kappa shape index (κ2) is 7.39. The van der Waals surface area contributed by atoms with E-state index in [0.29, 0.717) is 15.7 Å². The Bertz CT molecular complexity index is 477. The van der Waals surface area contributed by atoms with Crippen LogP contribution in [-0.2, 0) is 0 Å². The van der Waals surface area contributed by atoms with E-state index in [1.807, 2.05) is 41.6 Å². The van der Waals surface area contributed by atoms with Crippen molar-refractivity contribution < 1.29 is 9.72 Å². The van der Waals surface area contributed by atoms with E-state index < -0.39 is 4.92 Å². The van der Waals surface area contributed by atoms with Crippen LogP contribution in [0, 0.1) is 13.7 Å². The zero-order chi connectivity index (χ0) is 14.4. The van der Waals surface area contributed by atoms with Crippen LogP contribution in [0.2, 0.25) is 0 Å². The second-order valence-electron chi connectivity index (χ2n) is 4.33. The summed E-state index contributed by atoms with van der Waals surface area (Å²) >= 11 is 1.93. The standard InChI is InChI=1S/C12H16IN3O3/c1-15(2)7-3-6-14-12(17)10-5-4-9(16(18)19)8-11(10)13/h4-5,8H,3,6-7H2,1-2H3,(H,14,17). The molecule has 1 N–H and O–H groups in total. The summed E-state index contributed by atoms with van der Waals surface area (Å²) in [5, 5.41) is 13.4. The Morgan fingerprint density at radius 2 is 2.16 bits per heavy atom. The van der Waals surface area contributed by atoms with E-state index in [0.717, 1.165) is 13.0 Å². The maximum atomic E-state index is 11.9.